The molecular weight excluding hydrogens is 394 g/mol. The third kappa shape index (κ3) is 4.31. The van der Waals surface area contributed by atoms with Crippen molar-refractivity contribution in [1.29, 1.82) is 0 Å². The number of hydrogen-bond donors (Lipinski definition) is 1. The standard InChI is InChI=1S/C23H25N5OS/c1-28-15-17(14-26-28)21-11-19(9-10-24-21)29-18-7-8-20-22(12-18)30-23(27-20)25-13-16-5-3-2-4-6-16/h7-12,14-16H,2-6,13H2,1H3,(H,25,27). The summed E-state index contributed by atoms with van der Waals surface area (Å²) in [6.45, 7) is 1.03. The molecule has 4 aromatic rings. The van der Waals surface area contributed by atoms with Gasteiger partial charge >= 0.3 is 0 Å². The molecule has 6 nitrogen and oxygen atoms in total. The fourth-order valence-corrected chi connectivity index (χ4v) is 4.89. The molecule has 7 heteroatoms. The van der Waals surface area contributed by atoms with Gasteiger partial charge in [-0.2, -0.15) is 5.10 Å². The zero-order chi connectivity index (χ0) is 20.3. The van der Waals surface area contributed by atoms with Crippen molar-refractivity contribution in [2.24, 2.45) is 13.0 Å². The smallest absolute Gasteiger partial charge is 0.183 e. The van der Waals surface area contributed by atoms with Crippen molar-refractivity contribution in [3.63, 3.8) is 0 Å². The number of anilines is 1. The topological polar surface area (TPSA) is 64.9 Å². The Morgan fingerprint density at radius 3 is 2.83 bits per heavy atom. The molecule has 0 atom stereocenters. The van der Waals surface area contributed by atoms with E-state index in [1.165, 1.54) is 32.1 Å². The third-order valence-corrected chi connectivity index (χ3v) is 6.57. The van der Waals surface area contributed by atoms with Crippen LogP contribution in [0.15, 0.2) is 48.9 Å². The minimum absolute atomic E-state index is 0.753. The molecule has 0 bridgehead atoms. The van der Waals surface area contributed by atoms with E-state index < -0.39 is 0 Å². The molecule has 0 spiro atoms. The summed E-state index contributed by atoms with van der Waals surface area (Å²) in [5.41, 5.74) is 2.81. The lowest BCUT2D eigenvalue weighted by Crippen LogP contribution is -2.16. The molecule has 154 valence electrons. The van der Waals surface area contributed by atoms with Gasteiger partial charge in [0.25, 0.3) is 0 Å². The molecule has 0 amide bonds. The van der Waals surface area contributed by atoms with Crippen molar-refractivity contribution in [2.75, 3.05) is 11.9 Å². The van der Waals surface area contributed by atoms with Gasteiger partial charge in [0.05, 0.1) is 22.1 Å². The molecule has 1 fully saturated rings. The van der Waals surface area contributed by atoms with Crippen molar-refractivity contribution in [3.8, 4) is 22.8 Å². The highest BCUT2D eigenvalue weighted by atomic mass is 32.1. The molecule has 1 N–H and O–H groups in total. The van der Waals surface area contributed by atoms with E-state index in [-0.39, 0.29) is 0 Å². The van der Waals surface area contributed by atoms with Crippen molar-refractivity contribution in [1.82, 2.24) is 19.7 Å². The first-order valence-corrected chi connectivity index (χ1v) is 11.3. The first kappa shape index (κ1) is 19.1. The van der Waals surface area contributed by atoms with E-state index in [9.17, 15) is 0 Å². The molecule has 1 aromatic carbocycles. The Hall–Kier alpha value is -2.93. The molecule has 0 aliphatic heterocycles. The Kier molecular flexibility index (Phi) is 5.36. The zero-order valence-corrected chi connectivity index (χ0v) is 17.9. The monoisotopic (exact) mass is 419 g/mol. The van der Waals surface area contributed by atoms with Crippen molar-refractivity contribution < 1.29 is 4.74 Å². The van der Waals surface area contributed by atoms with Crippen LogP contribution in [-0.4, -0.2) is 26.3 Å². The molecular formula is C23H25N5OS. The number of pyridine rings is 1. The van der Waals surface area contributed by atoms with Gasteiger partial charge in [0.1, 0.15) is 11.5 Å². The van der Waals surface area contributed by atoms with Gasteiger partial charge in [-0.3, -0.25) is 9.67 Å². The Balaban J connectivity index is 1.29. The van der Waals surface area contributed by atoms with Crippen LogP contribution in [0.2, 0.25) is 0 Å². The number of fused-ring (bicyclic) bond motifs is 1. The van der Waals surface area contributed by atoms with Gasteiger partial charge in [-0.25, -0.2) is 4.98 Å². The maximum absolute atomic E-state index is 6.11. The van der Waals surface area contributed by atoms with Crippen LogP contribution in [-0.2, 0) is 7.05 Å². The molecule has 1 aliphatic carbocycles. The van der Waals surface area contributed by atoms with E-state index in [1.54, 1.807) is 28.4 Å². The highest BCUT2D eigenvalue weighted by Crippen LogP contribution is 2.33. The summed E-state index contributed by atoms with van der Waals surface area (Å²) in [5, 5.41) is 8.76. The molecule has 0 unspecified atom stereocenters. The lowest BCUT2D eigenvalue weighted by Gasteiger charge is -2.21. The summed E-state index contributed by atoms with van der Waals surface area (Å²) in [4.78, 5) is 9.16. The van der Waals surface area contributed by atoms with Crippen LogP contribution in [0.3, 0.4) is 0 Å². The fraction of sp³-hybridized carbons (Fsp3) is 0.348. The number of benzene rings is 1. The highest BCUT2D eigenvalue weighted by Gasteiger charge is 2.14. The van der Waals surface area contributed by atoms with Crippen LogP contribution in [0.5, 0.6) is 11.5 Å². The number of nitrogens with zero attached hydrogens (tertiary/aromatic N) is 4. The maximum Gasteiger partial charge on any atom is 0.183 e. The Morgan fingerprint density at radius 1 is 1.13 bits per heavy atom. The zero-order valence-electron chi connectivity index (χ0n) is 17.0. The lowest BCUT2D eigenvalue weighted by atomic mass is 9.89. The van der Waals surface area contributed by atoms with Gasteiger partial charge in [0, 0.05) is 43.7 Å². The largest absolute Gasteiger partial charge is 0.457 e. The van der Waals surface area contributed by atoms with Crippen molar-refractivity contribution in [3.05, 3.63) is 48.9 Å². The van der Waals surface area contributed by atoms with E-state index in [2.05, 4.69) is 21.5 Å². The molecule has 1 aliphatic rings. The Bertz CT molecular complexity index is 1150. The SMILES string of the molecule is Cn1cc(-c2cc(Oc3ccc4nc(NCC5CCCCC5)sc4c3)ccn2)cn1. The summed E-state index contributed by atoms with van der Waals surface area (Å²) in [6, 6.07) is 9.86. The van der Waals surface area contributed by atoms with E-state index in [1.807, 2.05) is 37.5 Å². The Morgan fingerprint density at radius 2 is 2.00 bits per heavy atom. The second kappa shape index (κ2) is 8.44. The average Bonchev–Trinajstić information content (AvgIpc) is 3.39. The number of aryl methyl sites for hydroxylation is 1. The van der Waals surface area contributed by atoms with Crippen molar-refractivity contribution >= 4 is 26.7 Å². The molecule has 3 aromatic heterocycles. The minimum atomic E-state index is 0.753. The third-order valence-electron chi connectivity index (χ3n) is 5.59. The number of thiazole rings is 1. The van der Waals surface area contributed by atoms with Crippen LogP contribution in [0, 0.1) is 5.92 Å². The number of ether oxygens (including phenoxy) is 1. The summed E-state index contributed by atoms with van der Waals surface area (Å²) in [5.74, 6) is 2.34. The number of rotatable bonds is 6. The van der Waals surface area contributed by atoms with Gasteiger partial charge in [0.2, 0.25) is 0 Å². The normalized spacial score (nSPS) is 14.8. The summed E-state index contributed by atoms with van der Waals surface area (Å²) >= 11 is 1.69. The van der Waals surface area contributed by atoms with Gasteiger partial charge in [-0.15, -0.1) is 0 Å². The van der Waals surface area contributed by atoms with Crippen LogP contribution >= 0.6 is 11.3 Å². The van der Waals surface area contributed by atoms with Gasteiger partial charge < -0.3 is 10.1 Å². The fourth-order valence-electron chi connectivity index (χ4n) is 3.99. The van der Waals surface area contributed by atoms with E-state index in [0.29, 0.717) is 0 Å². The van der Waals surface area contributed by atoms with E-state index in [4.69, 9.17) is 9.72 Å². The van der Waals surface area contributed by atoms with Crippen LogP contribution in [0.4, 0.5) is 5.13 Å². The van der Waals surface area contributed by atoms with Gasteiger partial charge in [-0.1, -0.05) is 30.6 Å². The van der Waals surface area contributed by atoms with Gasteiger partial charge in [-0.05, 0) is 37.0 Å². The first-order chi connectivity index (χ1) is 14.7. The van der Waals surface area contributed by atoms with Crippen LogP contribution in [0.1, 0.15) is 32.1 Å². The molecule has 1 saturated carbocycles. The first-order valence-electron chi connectivity index (χ1n) is 10.5. The molecule has 3 heterocycles. The van der Waals surface area contributed by atoms with Crippen LogP contribution in [0.25, 0.3) is 21.5 Å². The van der Waals surface area contributed by atoms with E-state index >= 15 is 0 Å². The van der Waals surface area contributed by atoms with Crippen molar-refractivity contribution in [2.45, 2.75) is 32.1 Å². The average molecular weight is 420 g/mol. The highest BCUT2D eigenvalue weighted by molar-refractivity contribution is 7.22. The minimum Gasteiger partial charge on any atom is -0.457 e. The predicted molar refractivity (Wildman–Crippen MR) is 121 cm³/mol. The molecule has 5 rings (SSSR count). The Labute approximate surface area is 179 Å². The van der Waals surface area contributed by atoms with Gasteiger partial charge in [0.15, 0.2) is 5.13 Å². The van der Waals surface area contributed by atoms with Crippen LogP contribution < -0.4 is 10.1 Å². The maximum atomic E-state index is 6.11. The predicted octanol–water partition coefficient (Wildman–Crippen LogP) is 5.88. The second-order valence-electron chi connectivity index (χ2n) is 7.92. The summed E-state index contributed by atoms with van der Waals surface area (Å²) in [6.07, 6.45) is 12.3. The quantitative estimate of drug-likeness (QED) is 0.423. The summed E-state index contributed by atoms with van der Waals surface area (Å²) < 4.78 is 9.00. The molecule has 0 radical (unpaired) electrons. The molecule has 30 heavy (non-hydrogen) atoms. The number of hydrogen-bond acceptors (Lipinski definition) is 6. The number of aromatic nitrogens is 4. The second-order valence-corrected chi connectivity index (χ2v) is 8.95. The lowest BCUT2D eigenvalue weighted by molar-refractivity contribution is 0.373. The number of nitrogens with one attached hydrogen (secondary N) is 1. The summed E-state index contributed by atoms with van der Waals surface area (Å²) in [7, 11) is 1.90. The van der Waals surface area contributed by atoms with E-state index in [0.717, 1.165) is 50.6 Å². The molecule has 0 saturated heterocycles.